The third-order valence-electron chi connectivity index (χ3n) is 3.79. The number of carbonyl (C=O) groups is 3. The number of carbonyl (C=O) groups excluding carboxylic acids is 3. The minimum atomic E-state index is -2.58. The number of ether oxygens (including phenoxy) is 3. The van der Waals surface area contributed by atoms with Crippen LogP contribution in [0.2, 0.25) is 0 Å². The van der Waals surface area contributed by atoms with E-state index in [4.69, 9.17) is 9.47 Å². The van der Waals surface area contributed by atoms with Crippen molar-refractivity contribution >= 4 is 18.2 Å². The first-order valence-corrected chi connectivity index (χ1v) is 8.23. The van der Waals surface area contributed by atoms with Crippen LogP contribution >= 0.6 is 0 Å². The fourth-order valence-corrected chi connectivity index (χ4v) is 2.59. The first-order valence-electron chi connectivity index (χ1n) is 8.23. The molecule has 1 fully saturated rings. The second-order valence-corrected chi connectivity index (χ2v) is 8.36. The van der Waals surface area contributed by atoms with Crippen molar-refractivity contribution in [2.24, 2.45) is 0 Å². The molecule has 0 saturated heterocycles. The molecule has 1 N–H and O–H groups in total. The van der Waals surface area contributed by atoms with E-state index in [1.807, 2.05) is 0 Å². The van der Waals surface area contributed by atoms with Crippen molar-refractivity contribution in [1.82, 2.24) is 4.90 Å². The summed E-state index contributed by atoms with van der Waals surface area (Å²) in [7, 11) is 0.993. The van der Waals surface area contributed by atoms with Crippen LogP contribution in [0.15, 0.2) is 0 Å². The number of alkyl halides is 1. The van der Waals surface area contributed by atoms with Gasteiger partial charge in [-0.05, 0) is 48.5 Å². The van der Waals surface area contributed by atoms with Gasteiger partial charge in [0, 0.05) is 6.42 Å². The van der Waals surface area contributed by atoms with Crippen molar-refractivity contribution in [3.63, 3.8) is 0 Å². The summed E-state index contributed by atoms with van der Waals surface area (Å²) in [6.45, 7) is 10.4. The molecule has 0 aromatic carbocycles. The van der Waals surface area contributed by atoms with Crippen LogP contribution in [0.25, 0.3) is 0 Å². The maximum absolute atomic E-state index is 15.2. The molecule has 9 heteroatoms. The Labute approximate surface area is 152 Å². The van der Waals surface area contributed by atoms with Gasteiger partial charge in [-0.3, -0.25) is 0 Å². The highest BCUT2D eigenvalue weighted by Gasteiger charge is 2.83. The number of aliphatic hydroxyl groups excluding tert-OH is 1. The standard InChI is InChI=1S/C17H28FNO7/c1-10(20)16(18)9-17(16,11(21)24-8)19(12(22)25-14(2,3)4)13(23)26-15(5,6)7/h10,20H,9H2,1-8H3/t10?,16-,17+/m1/s1. The van der Waals surface area contributed by atoms with Crippen LogP contribution in [0.1, 0.15) is 54.9 Å². The quantitative estimate of drug-likeness (QED) is 0.595. The van der Waals surface area contributed by atoms with Gasteiger partial charge >= 0.3 is 18.2 Å². The maximum atomic E-state index is 15.2. The third-order valence-corrected chi connectivity index (χ3v) is 3.79. The van der Waals surface area contributed by atoms with E-state index in [2.05, 4.69) is 4.74 Å². The van der Waals surface area contributed by atoms with Crippen molar-refractivity contribution in [2.75, 3.05) is 7.11 Å². The molecule has 1 saturated carbocycles. The number of methoxy groups -OCH3 is 1. The highest BCUT2D eigenvalue weighted by Crippen LogP contribution is 2.58. The lowest BCUT2D eigenvalue weighted by molar-refractivity contribution is -0.152. The number of nitrogens with zero attached hydrogens (tertiary/aromatic N) is 1. The van der Waals surface area contributed by atoms with E-state index in [1.165, 1.54) is 0 Å². The molecule has 0 aromatic heterocycles. The van der Waals surface area contributed by atoms with Gasteiger partial charge in [0.25, 0.3) is 0 Å². The van der Waals surface area contributed by atoms with Gasteiger partial charge in [-0.1, -0.05) is 0 Å². The van der Waals surface area contributed by atoms with E-state index in [9.17, 15) is 19.5 Å². The van der Waals surface area contributed by atoms with Crippen LogP contribution in [0.4, 0.5) is 14.0 Å². The summed E-state index contributed by atoms with van der Waals surface area (Å²) in [5.41, 5.74) is -6.98. The first-order chi connectivity index (χ1) is 11.5. The largest absolute Gasteiger partial charge is 0.467 e. The highest BCUT2D eigenvalue weighted by molar-refractivity contribution is 6.00. The van der Waals surface area contributed by atoms with Crippen LogP contribution in [-0.4, -0.2) is 63.8 Å². The molecule has 1 rings (SSSR count). The zero-order chi connectivity index (χ0) is 20.7. The van der Waals surface area contributed by atoms with Crippen LogP contribution < -0.4 is 0 Å². The van der Waals surface area contributed by atoms with Gasteiger partial charge < -0.3 is 19.3 Å². The Bertz CT molecular complexity index is 565. The van der Waals surface area contributed by atoms with Crippen LogP contribution in [0.3, 0.4) is 0 Å². The molecular formula is C17H28FNO7. The van der Waals surface area contributed by atoms with E-state index in [-0.39, 0.29) is 4.90 Å². The molecule has 0 aliphatic heterocycles. The summed E-state index contributed by atoms with van der Waals surface area (Å²) >= 11 is 0. The average molecular weight is 377 g/mol. The monoisotopic (exact) mass is 377 g/mol. The van der Waals surface area contributed by atoms with Crippen molar-refractivity contribution in [1.29, 1.82) is 0 Å². The topological polar surface area (TPSA) is 102 Å². The molecule has 0 spiro atoms. The smallest absolute Gasteiger partial charge is 0.420 e. The summed E-state index contributed by atoms with van der Waals surface area (Å²) in [5, 5.41) is 9.80. The van der Waals surface area contributed by atoms with Crippen molar-refractivity contribution in [3.8, 4) is 0 Å². The number of amides is 2. The van der Waals surface area contributed by atoms with Gasteiger partial charge in [-0.25, -0.2) is 18.8 Å². The lowest BCUT2D eigenvalue weighted by Crippen LogP contribution is -2.58. The minimum Gasteiger partial charge on any atom is -0.467 e. The molecule has 3 atom stereocenters. The molecule has 1 aliphatic rings. The highest BCUT2D eigenvalue weighted by atomic mass is 19.1. The molecule has 1 aliphatic carbocycles. The zero-order valence-corrected chi connectivity index (χ0v) is 16.5. The van der Waals surface area contributed by atoms with Gasteiger partial charge in [0.1, 0.15) is 11.2 Å². The Hall–Kier alpha value is -1.90. The van der Waals surface area contributed by atoms with E-state index in [0.717, 1.165) is 14.0 Å². The van der Waals surface area contributed by atoms with Crippen molar-refractivity contribution < 1.29 is 38.1 Å². The lowest BCUT2D eigenvalue weighted by Gasteiger charge is -2.34. The number of halogens is 1. The molecule has 1 unspecified atom stereocenters. The molecular weight excluding hydrogens is 349 g/mol. The zero-order valence-electron chi connectivity index (χ0n) is 16.5. The normalized spacial score (nSPS) is 26.5. The van der Waals surface area contributed by atoms with E-state index in [0.29, 0.717) is 0 Å². The lowest BCUT2D eigenvalue weighted by atomic mass is 10.1. The predicted octanol–water partition coefficient (Wildman–Crippen LogP) is 2.56. The number of aliphatic hydroxyl groups is 1. The number of rotatable bonds is 3. The molecule has 2 amide bonds. The third kappa shape index (κ3) is 4.08. The Morgan fingerprint density at radius 3 is 1.65 bits per heavy atom. The van der Waals surface area contributed by atoms with E-state index < -0.39 is 53.1 Å². The molecule has 8 nitrogen and oxygen atoms in total. The van der Waals surface area contributed by atoms with Crippen LogP contribution in [0.5, 0.6) is 0 Å². The molecule has 150 valence electrons. The number of hydrogen-bond donors (Lipinski definition) is 1. The average Bonchev–Trinajstić information content (AvgIpc) is 3.02. The second-order valence-electron chi connectivity index (χ2n) is 8.36. The molecule has 0 radical (unpaired) electrons. The van der Waals surface area contributed by atoms with Crippen LogP contribution in [-0.2, 0) is 19.0 Å². The second kappa shape index (κ2) is 6.68. The summed E-state index contributed by atoms with van der Waals surface area (Å²) in [6, 6.07) is 0. The minimum absolute atomic E-state index is 0.280. The van der Waals surface area contributed by atoms with Gasteiger partial charge in [-0.2, -0.15) is 4.90 Å². The fourth-order valence-electron chi connectivity index (χ4n) is 2.59. The SMILES string of the molecule is COC(=O)[C@@]1(N(C(=O)OC(C)(C)C)C(=O)OC(C)(C)C)C[C@@]1(F)C(C)O. The molecule has 0 heterocycles. The number of esters is 1. The van der Waals surface area contributed by atoms with Crippen LogP contribution in [0, 0.1) is 0 Å². The Morgan fingerprint density at radius 1 is 1.04 bits per heavy atom. The number of hydrogen-bond acceptors (Lipinski definition) is 7. The van der Waals surface area contributed by atoms with Gasteiger partial charge in [0.15, 0.2) is 11.2 Å². The Balaban J connectivity index is 3.44. The summed E-state index contributed by atoms with van der Waals surface area (Å²) in [4.78, 5) is 37.9. The summed E-state index contributed by atoms with van der Waals surface area (Å²) in [6.07, 6.45) is -4.80. The number of imide groups is 1. The predicted molar refractivity (Wildman–Crippen MR) is 89.2 cm³/mol. The molecule has 0 aromatic rings. The van der Waals surface area contributed by atoms with Gasteiger partial charge in [-0.15, -0.1) is 0 Å². The van der Waals surface area contributed by atoms with Gasteiger partial charge in [0.2, 0.25) is 0 Å². The van der Waals surface area contributed by atoms with Gasteiger partial charge in [0.05, 0.1) is 13.2 Å². The Kier molecular flexibility index (Phi) is 5.69. The summed E-state index contributed by atoms with van der Waals surface area (Å²) < 4.78 is 30.1. The van der Waals surface area contributed by atoms with Crippen molar-refractivity contribution in [2.45, 2.75) is 83.4 Å². The van der Waals surface area contributed by atoms with Crippen molar-refractivity contribution in [3.05, 3.63) is 0 Å². The fraction of sp³-hybridized carbons (Fsp3) is 0.824. The molecule has 0 bridgehead atoms. The molecule has 26 heavy (non-hydrogen) atoms. The van der Waals surface area contributed by atoms with E-state index >= 15 is 4.39 Å². The first kappa shape index (κ1) is 22.1. The maximum Gasteiger partial charge on any atom is 0.420 e. The summed E-state index contributed by atoms with van der Waals surface area (Å²) in [5.74, 6) is -1.18. The van der Waals surface area contributed by atoms with E-state index in [1.54, 1.807) is 41.5 Å². The Morgan fingerprint density at radius 2 is 1.42 bits per heavy atom.